The standard InChI is InChI=1S/C6H6AsNO6/c9-6-2-1-4(14-7(10)11)3-5(6)8(12)13/h1-3,9-11H. The fourth-order valence-corrected chi connectivity index (χ4v) is 1.43. The van der Waals surface area contributed by atoms with Gasteiger partial charge in [0.25, 0.3) is 0 Å². The van der Waals surface area contributed by atoms with E-state index in [-0.39, 0.29) is 5.75 Å². The van der Waals surface area contributed by atoms with Crippen molar-refractivity contribution in [2.24, 2.45) is 0 Å². The minimum atomic E-state index is -3.33. The van der Waals surface area contributed by atoms with Crippen molar-refractivity contribution in [1.29, 1.82) is 0 Å². The molecule has 0 saturated carbocycles. The van der Waals surface area contributed by atoms with Crippen LogP contribution in [0.15, 0.2) is 18.2 Å². The number of aromatic hydroxyl groups is 1. The van der Waals surface area contributed by atoms with Gasteiger partial charge in [0, 0.05) is 0 Å². The van der Waals surface area contributed by atoms with Crippen molar-refractivity contribution in [2.75, 3.05) is 0 Å². The molecule has 0 aliphatic rings. The van der Waals surface area contributed by atoms with Crippen molar-refractivity contribution >= 4 is 21.4 Å². The number of rotatable bonds is 3. The molecule has 0 bridgehead atoms. The summed E-state index contributed by atoms with van der Waals surface area (Å²) in [5.41, 5.74) is -0.543. The van der Waals surface area contributed by atoms with Gasteiger partial charge in [0.15, 0.2) is 0 Å². The fourth-order valence-electron chi connectivity index (χ4n) is 0.801. The summed E-state index contributed by atoms with van der Waals surface area (Å²) in [6, 6.07) is 3.17. The molecule has 14 heavy (non-hydrogen) atoms. The molecule has 0 heterocycles. The molecule has 8 heteroatoms. The number of nitrogens with zero attached hydrogens (tertiary/aromatic N) is 1. The average Bonchev–Trinajstić information content (AvgIpc) is 2.07. The summed E-state index contributed by atoms with van der Waals surface area (Å²) in [5, 5.41) is 19.4. The summed E-state index contributed by atoms with van der Waals surface area (Å²) < 4.78 is 21.6. The van der Waals surface area contributed by atoms with Gasteiger partial charge in [0.1, 0.15) is 0 Å². The Morgan fingerprint density at radius 3 is 2.57 bits per heavy atom. The predicted octanol–water partition coefficient (Wildman–Crippen LogP) is -0.351. The maximum absolute atomic E-state index is 10.3. The molecule has 7 nitrogen and oxygen atoms in total. The molecule has 0 aliphatic heterocycles. The molecule has 76 valence electrons. The third kappa shape index (κ3) is 2.59. The van der Waals surface area contributed by atoms with Crippen LogP contribution in [0.3, 0.4) is 0 Å². The van der Waals surface area contributed by atoms with Gasteiger partial charge in [-0.1, -0.05) is 0 Å². The molecule has 0 fully saturated rings. The Kier molecular flexibility index (Phi) is 3.29. The predicted molar refractivity (Wildman–Crippen MR) is 45.6 cm³/mol. The molecule has 0 saturated heterocycles. The normalized spacial score (nSPS) is 10.2. The molecule has 0 aromatic heterocycles. The van der Waals surface area contributed by atoms with Crippen LogP contribution in [0.2, 0.25) is 0 Å². The monoisotopic (exact) mass is 263 g/mol. The van der Waals surface area contributed by atoms with E-state index in [2.05, 4.69) is 3.73 Å². The van der Waals surface area contributed by atoms with Gasteiger partial charge in [-0.2, -0.15) is 0 Å². The molecule has 0 spiro atoms. The number of phenols is 1. The van der Waals surface area contributed by atoms with Crippen LogP contribution < -0.4 is 3.73 Å². The Labute approximate surface area is 83.7 Å². The average molecular weight is 263 g/mol. The first kappa shape index (κ1) is 10.8. The second-order valence-electron chi connectivity index (χ2n) is 2.25. The Hall–Kier alpha value is -1.30. The Morgan fingerprint density at radius 1 is 1.43 bits per heavy atom. The van der Waals surface area contributed by atoms with Crippen LogP contribution >= 0.6 is 0 Å². The van der Waals surface area contributed by atoms with Crippen molar-refractivity contribution in [1.82, 2.24) is 0 Å². The topological polar surface area (TPSA) is 113 Å². The summed E-state index contributed by atoms with van der Waals surface area (Å²) >= 11 is -3.33. The molecular weight excluding hydrogens is 257 g/mol. The Balaban J connectivity index is 3.00. The summed E-state index contributed by atoms with van der Waals surface area (Å²) in [5.74, 6) is -0.559. The molecule has 0 aliphatic carbocycles. The van der Waals surface area contributed by atoms with Crippen LogP contribution in [0, 0.1) is 10.1 Å². The molecule has 0 amide bonds. The van der Waals surface area contributed by atoms with Gasteiger partial charge >= 0.3 is 83.1 Å². The van der Waals surface area contributed by atoms with Crippen LogP contribution in [-0.2, 0) is 0 Å². The van der Waals surface area contributed by atoms with Gasteiger partial charge in [-0.3, -0.25) is 0 Å². The first-order chi connectivity index (χ1) is 6.50. The van der Waals surface area contributed by atoms with Gasteiger partial charge in [0.05, 0.1) is 0 Å². The van der Waals surface area contributed by atoms with Gasteiger partial charge in [-0.05, 0) is 0 Å². The molecule has 1 aromatic rings. The summed E-state index contributed by atoms with van der Waals surface area (Å²) in [4.78, 5) is 9.54. The van der Waals surface area contributed by atoms with Gasteiger partial charge in [-0.25, -0.2) is 0 Å². The summed E-state index contributed by atoms with van der Waals surface area (Å²) in [6.45, 7) is 0. The molecular formula is C6H6AsNO6. The SMILES string of the molecule is O=[N+]([O-])c1cc(O[As](O)O)ccc1O. The van der Waals surface area contributed by atoms with E-state index in [1.54, 1.807) is 0 Å². The third-order valence-corrected chi connectivity index (χ3v) is 2.12. The number of phenolic OH excluding ortho intramolecular Hbond substituents is 1. The molecule has 0 radical (unpaired) electrons. The maximum atomic E-state index is 10.3. The quantitative estimate of drug-likeness (QED) is 0.390. The van der Waals surface area contributed by atoms with Crippen molar-refractivity contribution < 1.29 is 21.9 Å². The van der Waals surface area contributed by atoms with Crippen molar-refractivity contribution in [2.45, 2.75) is 0 Å². The molecule has 1 rings (SSSR count). The van der Waals surface area contributed by atoms with E-state index in [4.69, 9.17) is 13.3 Å². The van der Waals surface area contributed by atoms with Crippen molar-refractivity contribution in [3.05, 3.63) is 28.3 Å². The van der Waals surface area contributed by atoms with Crippen LogP contribution in [0.25, 0.3) is 0 Å². The van der Waals surface area contributed by atoms with Crippen molar-refractivity contribution in [3.8, 4) is 11.5 Å². The van der Waals surface area contributed by atoms with Gasteiger partial charge < -0.3 is 0 Å². The number of benzene rings is 1. The first-order valence-electron chi connectivity index (χ1n) is 3.34. The van der Waals surface area contributed by atoms with E-state index < -0.39 is 32.0 Å². The van der Waals surface area contributed by atoms with Crippen LogP contribution in [0.1, 0.15) is 0 Å². The molecule has 0 unspecified atom stereocenters. The zero-order chi connectivity index (χ0) is 10.7. The first-order valence-corrected chi connectivity index (χ1v) is 5.78. The number of nitro groups is 1. The van der Waals surface area contributed by atoms with Gasteiger partial charge in [-0.15, -0.1) is 0 Å². The Bertz CT molecular complexity index is 354. The van der Waals surface area contributed by atoms with Crippen LogP contribution in [0.5, 0.6) is 11.5 Å². The van der Waals surface area contributed by atoms with E-state index in [0.717, 1.165) is 12.1 Å². The summed E-state index contributed by atoms with van der Waals surface area (Å²) in [7, 11) is 0. The van der Waals surface area contributed by atoms with E-state index in [9.17, 15) is 10.1 Å². The third-order valence-electron chi connectivity index (χ3n) is 1.33. The second-order valence-corrected chi connectivity index (χ2v) is 3.70. The second kappa shape index (κ2) is 4.27. The molecule has 3 N–H and O–H groups in total. The number of nitro benzene ring substituents is 1. The van der Waals surface area contributed by atoms with Crippen molar-refractivity contribution in [3.63, 3.8) is 0 Å². The van der Waals surface area contributed by atoms with E-state index in [1.807, 2.05) is 0 Å². The Morgan fingerprint density at radius 2 is 2.07 bits per heavy atom. The zero-order valence-electron chi connectivity index (χ0n) is 6.69. The van der Waals surface area contributed by atoms with Crippen LogP contribution in [-0.4, -0.2) is 33.9 Å². The van der Waals surface area contributed by atoms with E-state index in [0.29, 0.717) is 0 Å². The zero-order valence-corrected chi connectivity index (χ0v) is 8.57. The molecule has 0 atom stereocenters. The minimum absolute atomic E-state index is 0.0560. The summed E-state index contributed by atoms with van der Waals surface area (Å²) in [6.07, 6.45) is 0. The number of hydrogen-bond donors (Lipinski definition) is 3. The molecule has 1 aromatic carbocycles. The van der Waals surface area contributed by atoms with E-state index >= 15 is 0 Å². The number of hydrogen-bond acceptors (Lipinski definition) is 6. The van der Waals surface area contributed by atoms with Gasteiger partial charge in [0.2, 0.25) is 0 Å². The van der Waals surface area contributed by atoms with Crippen LogP contribution in [0.4, 0.5) is 5.69 Å². The van der Waals surface area contributed by atoms with E-state index in [1.165, 1.54) is 6.07 Å². The fraction of sp³-hybridized carbons (Fsp3) is 0.